The van der Waals surface area contributed by atoms with Crippen LogP contribution in [0.3, 0.4) is 0 Å². The summed E-state index contributed by atoms with van der Waals surface area (Å²) in [6.45, 7) is 7.29. The first-order valence-corrected chi connectivity index (χ1v) is 15.2. The van der Waals surface area contributed by atoms with Gasteiger partial charge in [0.15, 0.2) is 0 Å². The van der Waals surface area contributed by atoms with Gasteiger partial charge in [0.25, 0.3) is 0 Å². The van der Waals surface area contributed by atoms with Crippen molar-refractivity contribution in [1.29, 1.82) is 0 Å². The third-order valence-electron chi connectivity index (χ3n) is 8.19. The molecule has 6 rings (SSSR count). The number of rotatable bonds is 8. The van der Waals surface area contributed by atoms with Gasteiger partial charge >= 0.3 is 0 Å². The molecule has 1 fully saturated rings. The number of carbonyl (C=O) groups excluding carboxylic acids is 2. The van der Waals surface area contributed by atoms with E-state index in [9.17, 15) is 14.0 Å². The van der Waals surface area contributed by atoms with Crippen LogP contribution in [0.4, 0.5) is 4.39 Å². The van der Waals surface area contributed by atoms with E-state index in [0.29, 0.717) is 23.9 Å². The molecule has 2 aliphatic heterocycles. The minimum absolute atomic E-state index is 0.155. The number of aromatic amines is 1. The molecule has 0 spiro atoms. The van der Waals surface area contributed by atoms with E-state index in [4.69, 9.17) is 21.1 Å². The third-order valence-corrected chi connectivity index (χ3v) is 8.42. The van der Waals surface area contributed by atoms with Crippen LogP contribution in [0.5, 0.6) is 11.5 Å². The topological polar surface area (TPSA) is 78.1 Å². The van der Waals surface area contributed by atoms with E-state index >= 15 is 0 Å². The zero-order valence-electron chi connectivity index (χ0n) is 25.1. The molecule has 10 heteroatoms. The lowest BCUT2D eigenvalue weighted by Gasteiger charge is -2.34. The highest BCUT2D eigenvalue weighted by atomic mass is 35.5. The highest BCUT2D eigenvalue weighted by Gasteiger charge is 2.31. The predicted molar refractivity (Wildman–Crippen MR) is 170 cm³/mol. The number of halogens is 2. The zero-order chi connectivity index (χ0) is 31.1. The maximum absolute atomic E-state index is 12.2. The molecule has 44 heavy (non-hydrogen) atoms. The normalized spacial score (nSPS) is 16.6. The summed E-state index contributed by atoms with van der Waals surface area (Å²) < 4.78 is 23.1. The number of piperazine rings is 1. The van der Waals surface area contributed by atoms with Crippen LogP contribution < -0.4 is 9.47 Å². The largest absolute Gasteiger partial charge is 0.497 e. The fourth-order valence-electron chi connectivity index (χ4n) is 5.86. The Bertz CT molecular complexity index is 1570. The molecule has 1 N–H and O–H groups in total. The molecular weight excluding hydrogens is 583 g/mol. The summed E-state index contributed by atoms with van der Waals surface area (Å²) >= 11 is 6.26. The lowest BCUT2D eigenvalue weighted by atomic mass is 9.93. The molecule has 1 saturated heterocycles. The summed E-state index contributed by atoms with van der Waals surface area (Å²) in [7, 11) is 1.55. The predicted octanol–water partition coefficient (Wildman–Crippen LogP) is 5.69. The number of nitrogens with zero attached hydrogens (tertiary/aromatic N) is 3. The average Bonchev–Trinajstić information content (AvgIpc) is 3.41. The number of H-pyrrole nitrogens is 1. The van der Waals surface area contributed by atoms with Gasteiger partial charge in [0.2, 0.25) is 12.3 Å². The smallest absolute Gasteiger partial charge is 0.219 e. The standard InChI is InChI=1S/C27H31ClN4O3.C7H7FO/c1-19(34)31-13-11-30(12-14-31)9-3-15-35-22-5-2-4-20(16-22)27-26-23(8-10-32(27)18-33)24-17-21(28)6-7-25(24)29-26;1-9-7-4-2-6(8)3-5-7/h2,4-7,16-18,27,29H,3,8-15H2,1H3;2-5H,1H3. The number of aromatic nitrogens is 1. The molecule has 0 aliphatic carbocycles. The van der Waals surface area contributed by atoms with Crippen molar-refractivity contribution in [1.82, 2.24) is 19.7 Å². The number of carbonyl (C=O) groups is 2. The van der Waals surface area contributed by atoms with Gasteiger partial charge < -0.3 is 24.3 Å². The minimum Gasteiger partial charge on any atom is -0.497 e. The van der Waals surface area contributed by atoms with E-state index in [-0.39, 0.29) is 17.8 Å². The Labute approximate surface area is 262 Å². The zero-order valence-corrected chi connectivity index (χ0v) is 25.9. The summed E-state index contributed by atoms with van der Waals surface area (Å²) in [5, 5.41) is 1.84. The lowest BCUT2D eigenvalue weighted by molar-refractivity contribution is -0.130. The fraction of sp³-hybridized carbons (Fsp3) is 0.353. The van der Waals surface area contributed by atoms with Gasteiger partial charge in [-0.25, -0.2) is 4.39 Å². The first-order chi connectivity index (χ1) is 21.4. The summed E-state index contributed by atoms with van der Waals surface area (Å²) in [6.07, 6.45) is 2.65. The minimum atomic E-state index is -0.240. The van der Waals surface area contributed by atoms with Crippen molar-refractivity contribution in [2.45, 2.75) is 25.8 Å². The molecule has 1 atom stereocenters. The highest BCUT2D eigenvalue weighted by molar-refractivity contribution is 6.31. The van der Waals surface area contributed by atoms with E-state index in [1.54, 1.807) is 26.2 Å². The van der Waals surface area contributed by atoms with Crippen LogP contribution in [-0.2, 0) is 16.0 Å². The van der Waals surface area contributed by atoms with Crippen molar-refractivity contribution in [2.24, 2.45) is 0 Å². The van der Waals surface area contributed by atoms with Crippen LogP contribution in [0, 0.1) is 5.82 Å². The van der Waals surface area contributed by atoms with Gasteiger partial charge in [-0.1, -0.05) is 23.7 Å². The van der Waals surface area contributed by atoms with Crippen LogP contribution >= 0.6 is 11.6 Å². The van der Waals surface area contributed by atoms with E-state index < -0.39 is 0 Å². The van der Waals surface area contributed by atoms with Gasteiger partial charge in [-0.2, -0.15) is 0 Å². The molecule has 1 unspecified atom stereocenters. The highest BCUT2D eigenvalue weighted by Crippen LogP contribution is 2.39. The maximum atomic E-state index is 12.2. The Morgan fingerprint density at radius 3 is 2.50 bits per heavy atom. The lowest BCUT2D eigenvalue weighted by Crippen LogP contribution is -2.48. The van der Waals surface area contributed by atoms with Gasteiger partial charge in [-0.05, 0) is 78.6 Å². The van der Waals surface area contributed by atoms with Crippen molar-refractivity contribution in [2.75, 3.05) is 53.0 Å². The molecule has 3 aromatic carbocycles. The monoisotopic (exact) mass is 620 g/mol. The Kier molecular flexibility index (Phi) is 10.4. The molecule has 0 bridgehead atoms. The molecular formula is C34H38ClFN4O4. The van der Waals surface area contributed by atoms with Crippen LogP contribution in [0.1, 0.15) is 36.2 Å². The second kappa shape index (κ2) is 14.6. The first-order valence-electron chi connectivity index (χ1n) is 14.9. The number of hydrogen-bond acceptors (Lipinski definition) is 5. The number of hydrogen-bond donors (Lipinski definition) is 1. The summed E-state index contributed by atoms with van der Waals surface area (Å²) in [5.41, 5.74) is 4.33. The van der Waals surface area contributed by atoms with Crippen molar-refractivity contribution in [3.63, 3.8) is 0 Å². The molecule has 3 heterocycles. The second-order valence-corrected chi connectivity index (χ2v) is 11.4. The maximum Gasteiger partial charge on any atom is 0.219 e. The van der Waals surface area contributed by atoms with E-state index in [1.807, 2.05) is 46.2 Å². The van der Waals surface area contributed by atoms with Crippen LogP contribution in [0.25, 0.3) is 10.9 Å². The van der Waals surface area contributed by atoms with Crippen LogP contribution in [0.15, 0.2) is 66.7 Å². The van der Waals surface area contributed by atoms with E-state index in [1.165, 1.54) is 17.7 Å². The number of nitrogens with one attached hydrogen (secondary N) is 1. The molecule has 1 aromatic heterocycles. The van der Waals surface area contributed by atoms with Crippen molar-refractivity contribution < 1.29 is 23.5 Å². The number of amides is 2. The fourth-order valence-corrected chi connectivity index (χ4v) is 6.03. The van der Waals surface area contributed by atoms with Crippen LogP contribution in [0.2, 0.25) is 5.02 Å². The van der Waals surface area contributed by atoms with Gasteiger partial charge in [-0.3, -0.25) is 14.5 Å². The van der Waals surface area contributed by atoms with Gasteiger partial charge in [0, 0.05) is 67.8 Å². The third kappa shape index (κ3) is 7.52. The molecule has 232 valence electrons. The number of benzene rings is 3. The van der Waals surface area contributed by atoms with Gasteiger partial charge in [-0.15, -0.1) is 0 Å². The summed E-state index contributed by atoms with van der Waals surface area (Å²) in [4.78, 5) is 33.1. The molecule has 8 nitrogen and oxygen atoms in total. The van der Waals surface area contributed by atoms with Gasteiger partial charge in [0.05, 0.1) is 19.8 Å². The molecule has 0 radical (unpaired) electrons. The Hall–Kier alpha value is -4.08. The van der Waals surface area contributed by atoms with Crippen molar-refractivity contribution >= 4 is 34.8 Å². The van der Waals surface area contributed by atoms with Crippen molar-refractivity contribution in [3.8, 4) is 11.5 Å². The van der Waals surface area contributed by atoms with E-state index in [2.05, 4.69) is 16.0 Å². The Balaban J connectivity index is 0.000000367. The van der Waals surface area contributed by atoms with Crippen LogP contribution in [-0.4, -0.2) is 85.0 Å². The molecule has 2 aliphatic rings. The number of ether oxygens (including phenoxy) is 2. The Morgan fingerprint density at radius 2 is 1.80 bits per heavy atom. The number of fused-ring (bicyclic) bond motifs is 3. The first kappa shape index (κ1) is 31.3. The number of methoxy groups -OCH3 is 1. The molecule has 0 saturated carbocycles. The molecule has 4 aromatic rings. The molecule has 2 amide bonds. The second-order valence-electron chi connectivity index (χ2n) is 11.0. The summed E-state index contributed by atoms with van der Waals surface area (Å²) in [6, 6.07) is 19.6. The SMILES string of the molecule is CC(=O)N1CCN(CCCOc2cccc(C3c4[nH]c5ccc(Cl)cc5c4CCN3C=O)c2)CC1.COc1ccc(F)cc1. The Morgan fingerprint density at radius 1 is 1.02 bits per heavy atom. The quantitative estimate of drug-likeness (QED) is 0.202. The van der Waals surface area contributed by atoms with Gasteiger partial charge in [0.1, 0.15) is 17.3 Å². The average molecular weight is 621 g/mol. The summed E-state index contributed by atoms with van der Waals surface area (Å²) in [5.74, 6) is 1.40. The van der Waals surface area contributed by atoms with Crippen molar-refractivity contribution in [3.05, 3.63) is 94.4 Å². The van der Waals surface area contributed by atoms with E-state index in [0.717, 1.165) is 79.9 Å².